The summed E-state index contributed by atoms with van der Waals surface area (Å²) in [5, 5.41) is 0. The second-order valence-corrected chi connectivity index (χ2v) is 7.64. The van der Waals surface area contributed by atoms with Gasteiger partial charge < -0.3 is 0 Å². The zero-order valence-corrected chi connectivity index (χ0v) is 13.2. The minimum absolute atomic E-state index is 0.235. The Morgan fingerprint density at radius 3 is 2.05 bits per heavy atom. The van der Waals surface area contributed by atoms with Crippen molar-refractivity contribution in [2.75, 3.05) is 7.05 Å². The van der Waals surface area contributed by atoms with Crippen LogP contribution in [-0.2, 0) is 10.0 Å². The molecule has 104 valence electrons. The van der Waals surface area contributed by atoms with Crippen LogP contribution in [0.3, 0.4) is 0 Å². The van der Waals surface area contributed by atoms with E-state index < -0.39 is 10.0 Å². The minimum atomic E-state index is -3.59. The van der Waals surface area contributed by atoms with Gasteiger partial charge in [0.25, 0.3) is 10.0 Å². The molecule has 0 aliphatic rings. The second-order valence-electron chi connectivity index (χ2n) is 3.97. The molecule has 0 aliphatic carbocycles. The van der Waals surface area contributed by atoms with E-state index in [4.69, 9.17) is 12.2 Å². The second kappa shape index (κ2) is 6.39. The molecule has 0 amide bonds. The monoisotopic (exact) mass is 323 g/mol. The van der Waals surface area contributed by atoms with Gasteiger partial charge in [-0.3, -0.25) is 4.31 Å². The van der Waals surface area contributed by atoms with Crippen LogP contribution in [-0.4, -0.2) is 24.1 Å². The predicted octanol–water partition coefficient (Wildman–Crippen LogP) is 3.38. The van der Waals surface area contributed by atoms with Crippen molar-refractivity contribution in [3.05, 3.63) is 60.7 Å². The lowest BCUT2D eigenvalue weighted by Gasteiger charge is -2.19. The SMILES string of the molecule is CN(C(=S)Sc1ccccc1)S(=O)(=O)c1ccccc1. The molecule has 0 aliphatic heterocycles. The average Bonchev–Trinajstić information content (AvgIpc) is 2.48. The number of sulfonamides is 1. The molecule has 0 fully saturated rings. The van der Waals surface area contributed by atoms with Gasteiger partial charge in [0.15, 0.2) is 4.32 Å². The minimum Gasteiger partial charge on any atom is -0.254 e. The fourth-order valence-corrected chi connectivity index (χ4v) is 4.13. The Bertz CT molecular complexity index is 685. The molecule has 0 unspecified atom stereocenters. The maximum Gasteiger partial charge on any atom is 0.265 e. The van der Waals surface area contributed by atoms with Crippen molar-refractivity contribution in [3.8, 4) is 0 Å². The molecule has 0 bridgehead atoms. The molecular weight excluding hydrogens is 310 g/mol. The van der Waals surface area contributed by atoms with Gasteiger partial charge in [-0.2, -0.15) is 0 Å². The number of rotatable bonds is 3. The summed E-state index contributed by atoms with van der Waals surface area (Å²) in [7, 11) is -2.11. The normalized spacial score (nSPS) is 11.1. The molecular formula is C14H13NO2S3. The van der Waals surface area contributed by atoms with Gasteiger partial charge in [0.1, 0.15) is 0 Å². The zero-order valence-electron chi connectivity index (χ0n) is 10.8. The molecule has 0 atom stereocenters. The first-order chi connectivity index (χ1) is 9.51. The summed E-state index contributed by atoms with van der Waals surface area (Å²) in [6.45, 7) is 0. The topological polar surface area (TPSA) is 37.4 Å². The Hall–Kier alpha value is -1.37. The first-order valence-corrected chi connectivity index (χ1v) is 8.49. The van der Waals surface area contributed by atoms with E-state index in [0.29, 0.717) is 4.32 Å². The van der Waals surface area contributed by atoms with E-state index in [1.165, 1.54) is 18.8 Å². The highest BCUT2D eigenvalue weighted by atomic mass is 32.2. The third kappa shape index (κ3) is 3.39. The standard InChI is InChI=1S/C14H13NO2S3/c1-15(14(18)19-12-8-4-2-5-9-12)20(16,17)13-10-6-3-7-11-13/h2-11H,1H3. The lowest BCUT2D eigenvalue weighted by Crippen LogP contribution is -2.30. The molecule has 2 rings (SSSR count). The molecule has 0 saturated carbocycles. The fraction of sp³-hybridized carbons (Fsp3) is 0.0714. The fourth-order valence-electron chi connectivity index (χ4n) is 1.50. The van der Waals surface area contributed by atoms with Gasteiger partial charge in [0.05, 0.1) is 4.90 Å². The van der Waals surface area contributed by atoms with Gasteiger partial charge in [-0.1, -0.05) is 60.4 Å². The van der Waals surface area contributed by atoms with Gasteiger partial charge in [0.2, 0.25) is 0 Å². The highest BCUT2D eigenvalue weighted by molar-refractivity contribution is 8.23. The highest BCUT2D eigenvalue weighted by Gasteiger charge is 2.23. The summed E-state index contributed by atoms with van der Waals surface area (Å²) >= 11 is 6.47. The van der Waals surface area contributed by atoms with Gasteiger partial charge in [-0.15, -0.1) is 0 Å². The van der Waals surface area contributed by atoms with E-state index in [9.17, 15) is 8.42 Å². The van der Waals surface area contributed by atoms with Crippen molar-refractivity contribution in [1.82, 2.24) is 4.31 Å². The highest BCUT2D eigenvalue weighted by Crippen LogP contribution is 2.24. The van der Waals surface area contributed by atoms with E-state index in [0.717, 1.165) is 9.20 Å². The van der Waals surface area contributed by atoms with Crippen molar-refractivity contribution in [2.24, 2.45) is 0 Å². The third-order valence-corrected chi connectivity index (χ3v) is 6.09. The largest absolute Gasteiger partial charge is 0.265 e. The smallest absolute Gasteiger partial charge is 0.254 e. The molecule has 0 radical (unpaired) electrons. The van der Waals surface area contributed by atoms with Crippen molar-refractivity contribution < 1.29 is 8.42 Å². The van der Waals surface area contributed by atoms with Crippen LogP contribution in [0.2, 0.25) is 0 Å². The summed E-state index contributed by atoms with van der Waals surface area (Å²) in [5.41, 5.74) is 0. The van der Waals surface area contributed by atoms with Crippen LogP contribution in [0.4, 0.5) is 0 Å². The van der Waals surface area contributed by atoms with E-state index in [-0.39, 0.29) is 4.90 Å². The lowest BCUT2D eigenvalue weighted by molar-refractivity contribution is 0.556. The summed E-state index contributed by atoms with van der Waals surface area (Å²) in [4.78, 5) is 1.14. The maximum absolute atomic E-state index is 12.4. The molecule has 0 N–H and O–H groups in total. The number of thiocarbonyl (C=S) groups is 1. The molecule has 3 nitrogen and oxygen atoms in total. The number of nitrogens with zero attached hydrogens (tertiary/aromatic N) is 1. The Balaban J connectivity index is 2.19. The molecule has 0 aromatic heterocycles. The molecule has 0 saturated heterocycles. The first kappa shape index (κ1) is 15.0. The molecule has 2 aromatic carbocycles. The summed E-state index contributed by atoms with van der Waals surface area (Å²) in [5.74, 6) is 0. The Labute approximate surface area is 128 Å². The van der Waals surface area contributed by atoms with E-state index in [1.54, 1.807) is 30.3 Å². The van der Waals surface area contributed by atoms with Crippen molar-refractivity contribution >= 4 is 38.3 Å². The van der Waals surface area contributed by atoms with Gasteiger partial charge in [0, 0.05) is 11.9 Å². The van der Waals surface area contributed by atoms with Crippen LogP contribution in [0.15, 0.2) is 70.5 Å². The molecule has 20 heavy (non-hydrogen) atoms. The van der Waals surface area contributed by atoms with E-state index in [2.05, 4.69) is 0 Å². The van der Waals surface area contributed by atoms with Gasteiger partial charge in [-0.25, -0.2) is 8.42 Å². The number of hydrogen-bond acceptors (Lipinski definition) is 4. The average molecular weight is 323 g/mol. The summed E-state index contributed by atoms with van der Waals surface area (Å²) in [6.07, 6.45) is 0. The maximum atomic E-state index is 12.4. The van der Waals surface area contributed by atoms with Crippen molar-refractivity contribution in [1.29, 1.82) is 0 Å². The van der Waals surface area contributed by atoms with Crippen LogP contribution in [0.1, 0.15) is 0 Å². The quantitative estimate of drug-likeness (QED) is 0.641. The Morgan fingerprint density at radius 2 is 1.50 bits per heavy atom. The van der Waals surface area contributed by atoms with Crippen LogP contribution in [0.5, 0.6) is 0 Å². The van der Waals surface area contributed by atoms with E-state index in [1.807, 2.05) is 30.3 Å². The Morgan fingerprint density at radius 1 is 1.00 bits per heavy atom. The Kier molecular flexibility index (Phi) is 4.80. The van der Waals surface area contributed by atoms with Crippen molar-refractivity contribution in [2.45, 2.75) is 9.79 Å². The summed E-state index contributed by atoms with van der Waals surface area (Å²) in [6, 6.07) is 17.7. The van der Waals surface area contributed by atoms with Crippen LogP contribution in [0.25, 0.3) is 0 Å². The van der Waals surface area contributed by atoms with Crippen molar-refractivity contribution in [3.63, 3.8) is 0 Å². The number of thioether (sulfide) groups is 1. The lowest BCUT2D eigenvalue weighted by atomic mass is 10.4. The number of hydrogen-bond donors (Lipinski definition) is 0. The summed E-state index contributed by atoms with van der Waals surface area (Å²) < 4.78 is 26.2. The van der Waals surface area contributed by atoms with Crippen LogP contribution in [0, 0.1) is 0 Å². The molecule has 2 aromatic rings. The van der Waals surface area contributed by atoms with E-state index >= 15 is 0 Å². The van der Waals surface area contributed by atoms with Gasteiger partial charge in [-0.05, 0) is 24.3 Å². The zero-order chi connectivity index (χ0) is 14.6. The molecule has 0 spiro atoms. The predicted molar refractivity (Wildman–Crippen MR) is 86.3 cm³/mol. The third-order valence-electron chi connectivity index (χ3n) is 2.61. The molecule has 0 heterocycles. The van der Waals surface area contributed by atoms with Gasteiger partial charge >= 0.3 is 0 Å². The first-order valence-electron chi connectivity index (χ1n) is 5.82. The number of benzene rings is 2. The van der Waals surface area contributed by atoms with Crippen LogP contribution < -0.4 is 0 Å². The van der Waals surface area contributed by atoms with Crippen LogP contribution >= 0.6 is 24.0 Å². The molecule has 6 heteroatoms.